The van der Waals surface area contributed by atoms with E-state index in [0.717, 1.165) is 29.9 Å². The van der Waals surface area contributed by atoms with Crippen molar-refractivity contribution in [2.24, 2.45) is 23.7 Å². The number of anilines is 1. The van der Waals surface area contributed by atoms with Gasteiger partial charge in [0.15, 0.2) is 0 Å². The third kappa shape index (κ3) is 1.85. The molecule has 6 nitrogen and oxygen atoms in total. The number of carbonyl (C=O) groups excluding carboxylic acids is 2. The quantitative estimate of drug-likeness (QED) is 0.363. The molecule has 2 amide bonds. The van der Waals surface area contributed by atoms with Crippen LogP contribution >= 0.6 is 0 Å². The molecular formula is C16H13FN2O4. The van der Waals surface area contributed by atoms with Gasteiger partial charge >= 0.3 is 5.69 Å². The minimum Gasteiger partial charge on any atom is -0.274 e. The summed E-state index contributed by atoms with van der Waals surface area (Å²) in [6.07, 6.45) is 5.74. The molecule has 1 aliphatic heterocycles. The minimum absolute atomic E-state index is 0.0434. The number of imide groups is 1. The lowest BCUT2D eigenvalue weighted by atomic mass is 9.63. The molecule has 1 saturated heterocycles. The van der Waals surface area contributed by atoms with E-state index in [4.69, 9.17) is 0 Å². The molecule has 0 radical (unpaired) electrons. The molecule has 0 spiro atoms. The van der Waals surface area contributed by atoms with Gasteiger partial charge in [-0.1, -0.05) is 12.2 Å². The Morgan fingerprint density at radius 2 is 1.65 bits per heavy atom. The predicted octanol–water partition coefficient (Wildman–Crippen LogP) is 2.44. The fourth-order valence-corrected chi connectivity index (χ4v) is 4.11. The maximum absolute atomic E-state index is 13.5. The first kappa shape index (κ1) is 14.0. The number of carbonyl (C=O) groups is 2. The molecule has 5 rings (SSSR count). The van der Waals surface area contributed by atoms with Crippen LogP contribution in [0.15, 0.2) is 30.4 Å². The summed E-state index contributed by atoms with van der Waals surface area (Å²) in [5.41, 5.74) is -0.666. The number of nitrogens with zero attached hydrogens (tertiary/aromatic N) is 2. The highest BCUT2D eigenvalue weighted by Gasteiger charge is 2.57. The van der Waals surface area contributed by atoms with E-state index in [0.29, 0.717) is 0 Å². The molecule has 1 heterocycles. The SMILES string of the molecule is O=C1C2C3C=CC(CC3)C2C(=O)N1c1ccc(F)c([N+](=O)[O-])c1. The zero-order valence-electron chi connectivity index (χ0n) is 12.0. The molecule has 2 fully saturated rings. The largest absolute Gasteiger partial charge is 0.306 e. The van der Waals surface area contributed by atoms with Crippen LogP contribution in [0.2, 0.25) is 0 Å². The van der Waals surface area contributed by atoms with E-state index < -0.39 is 28.3 Å². The van der Waals surface area contributed by atoms with Crippen molar-refractivity contribution >= 4 is 23.2 Å². The first-order valence-electron chi connectivity index (χ1n) is 7.49. The number of allylic oxidation sites excluding steroid dienone is 2. The Morgan fingerprint density at radius 3 is 2.13 bits per heavy atom. The first-order chi connectivity index (χ1) is 11.0. The standard InChI is InChI=1S/C16H13FN2O4/c17-11-6-5-10(7-12(11)19(22)23)18-15(20)13-8-1-2-9(4-3-8)14(13)16(18)21/h1-2,5-9,13-14H,3-4H2. The Bertz CT molecular complexity index is 743. The highest BCUT2D eigenvalue weighted by atomic mass is 19.1. The second kappa shape index (κ2) is 4.71. The summed E-state index contributed by atoms with van der Waals surface area (Å²) in [5, 5.41) is 10.9. The van der Waals surface area contributed by atoms with Crippen molar-refractivity contribution in [3.8, 4) is 0 Å². The lowest BCUT2D eigenvalue weighted by Crippen LogP contribution is -2.38. The zero-order valence-corrected chi connectivity index (χ0v) is 12.0. The molecule has 0 aromatic heterocycles. The van der Waals surface area contributed by atoms with Crippen molar-refractivity contribution in [2.45, 2.75) is 12.8 Å². The van der Waals surface area contributed by atoms with Gasteiger partial charge in [-0.25, -0.2) is 4.90 Å². The van der Waals surface area contributed by atoms with E-state index in [9.17, 15) is 24.1 Å². The van der Waals surface area contributed by atoms with E-state index in [-0.39, 0.29) is 29.3 Å². The summed E-state index contributed by atoms with van der Waals surface area (Å²) in [4.78, 5) is 36.5. The normalized spacial score (nSPS) is 31.6. The number of amides is 2. The van der Waals surface area contributed by atoms with Crippen LogP contribution in [0.3, 0.4) is 0 Å². The number of nitro groups is 1. The summed E-state index contributed by atoms with van der Waals surface area (Å²) < 4.78 is 13.5. The molecule has 4 atom stereocenters. The van der Waals surface area contributed by atoms with Gasteiger partial charge in [-0.15, -0.1) is 0 Å². The highest BCUT2D eigenvalue weighted by molar-refractivity contribution is 6.22. The van der Waals surface area contributed by atoms with Crippen molar-refractivity contribution in [1.29, 1.82) is 0 Å². The number of halogens is 1. The topological polar surface area (TPSA) is 80.5 Å². The van der Waals surface area contributed by atoms with Crippen LogP contribution < -0.4 is 4.90 Å². The number of nitro benzene ring substituents is 1. The summed E-state index contributed by atoms with van der Waals surface area (Å²) in [7, 11) is 0. The van der Waals surface area contributed by atoms with Gasteiger partial charge < -0.3 is 0 Å². The number of rotatable bonds is 2. The molecule has 3 aliphatic carbocycles. The van der Waals surface area contributed by atoms with E-state index in [1.807, 2.05) is 12.2 Å². The maximum Gasteiger partial charge on any atom is 0.306 e. The Kier molecular flexibility index (Phi) is 2.88. The van der Waals surface area contributed by atoms with Gasteiger partial charge in [0.2, 0.25) is 17.6 Å². The summed E-state index contributed by atoms with van der Waals surface area (Å²) in [5.74, 6) is -2.36. The van der Waals surface area contributed by atoms with Gasteiger partial charge in [-0.2, -0.15) is 4.39 Å². The average molecular weight is 316 g/mol. The second-order valence-corrected chi connectivity index (χ2v) is 6.25. The van der Waals surface area contributed by atoms with Gasteiger partial charge in [0, 0.05) is 6.07 Å². The first-order valence-corrected chi connectivity index (χ1v) is 7.49. The molecule has 2 bridgehead atoms. The van der Waals surface area contributed by atoms with Crippen LogP contribution in [0.1, 0.15) is 12.8 Å². The van der Waals surface area contributed by atoms with Crippen LogP contribution in [0.4, 0.5) is 15.8 Å². The lowest BCUT2D eigenvalue weighted by molar-refractivity contribution is -0.387. The molecule has 4 aliphatic rings. The summed E-state index contributed by atoms with van der Waals surface area (Å²) >= 11 is 0. The second-order valence-electron chi connectivity index (χ2n) is 6.25. The van der Waals surface area contributed by atoms with E-state index in [1.165, 1.54) is 6.07 Å². The highest BCUT2D eigenvalue weighted by Crippen LogP contribution is 2.50. The van der Waals surface area contributed by atoms with Gasteiger partial charge in [-0.05, 0) is 36.8 Å². The summed E-state index contributed by atoms with van der Waals surface area (Å²) in [6.45, 7) is 0. The number of benzene rings is 1. The van der Waals surface area contributed by atoms with Crippen LogP contribution in [0, 0.1) is 39.6 Å². The van der Waals surface area contributed by atoms with Gasteiger partial charge in [0.05, 0.1) is 22.4 Å². The van der Waals surface area contributed by atoms with Crippen LogP contribution in [-0.2, 0) is 9.59 Å². The Balaban J connectivity index is 1.76. The van der Waals surface area contributed by atoms with Crippen molar-refractivity contribution in [3.63, 3.8) is 0 Å². The lowest BCUT2D eigenvalue weighted by Gasteiger charge is -2.38. The van der Waals surface area contributed by atoms with Crippen molar-refractivity contribution in [3.05, 3.63) is 46.3 Å². The van der Waals surface area contributed by atoms with Gasteiger partial charge in [0.25, 0.3) is 0 Å². The van der Waals surface area contributed by atoms with Crippen molar-refractivity contribution in [2.75, 3.05) is 4.90 Å². The molecule has 23 heavy (non-hydrogen) atoms. The number of hydrogen-bond donors (Lipinski definition) is 0. The molecule has 7 heteroatoms. The minimum atomic E-state index is -0.989. The average Bonchev–Trinajstić information content (AvgIpc) is 2.83. The number of fused-ring (bicyclic) bond motifs is 1. The molecule has 1 saturated carbocycles. The molecule has 1 aromatic rings. The molecule has 4 unspecified atom stereocenters. The van der Waals surface area contributed by atoms with Crippen LogP contribution in [0.25, 0.3) is 0 Å². The third-order valence-corrected chi connectivity index (χ3v) is 5.14. The molecule has 0 N–H and O–H groups in total. The fourth-order valence-electron chi connectivity index (χ4n) is 4.11. The van der Waals surface area contributed by atoms with E-state index in [2.05, 4.69) is 0 Å². The van der Waals surface area contributed by atoms with E-state index in [1.54, 1.807) is 0 Å². The Morgan fingerprint density at radius 1 is 1.09 bits per heavy atom. The Labute approximate surface area is 130 Å². The van der Waals surface area contributed by atoms with Crippen molar-refractivity contribution in [1.82, 2.24) is 0 Å². The number of hydrogen-bond acceptors (Lipinski definition) is 4. The van der Waals surface area contributed by atoms with E-state index >= 15 is 0 Å². The fraction of sp³-hybridized carbons (Fsp3) is 0.375. The smallest absolute Gasteiger partial charge is 0.274 e. The maximum atomic E-state index is 13.5. The molecule has 1 aromatic carbocycles. The summed E-state index contributed by atoms with van der Waals surface area (Å²) in [6, 6.07) is 3.12. The van der Waals surface area contributed by atoms with Crippen LogP contribution in [-0.4, -0.2) is 16.7 Å². The molecule has 118 valence electrons. The van der Waals surface area contributed by atoms with Gasteiger partial charge in [0.1, 0.15) is 0 Å². The zero-order chi connectivity index (χ0) is 16.3. The Hall–Kier alpha value is -2.57. The predicted molar refractivity (Wildman–Crippen MR) is 77.9 cm³/mol. The molecular weight excluding hydrogens is 303 g/mol. The van der Waals surface area contributed by atoms with Crippen molar-refractivity contribution < 1.29 is 18.9 Å². The van der Waals surface area contributed by atoms with Crippen LogP contribution in [0.5, 0.6) is 0 Å². The monoisotopic (exact) mass is 316 g/mol. The third-order valence-electron chi connectivity index (χ3n) is 5.14. The van der Waals surface area contributed by atoms with Gasteiger partial charge in [-0.3, -0.25) is 19.7 Å².